The first-order valence-corrected chi connectivity index (χ1v) is 5.17. The summed E-state index contributed by atoms with van der Waals surface area (Å²) in [5.74, 6) is -0.304. The van der Waals surface area contributed by atoms with Crippen LogP contribution in [0.1, 0.15) is 13.8 Å². The second-order valence-electron chi connectivity index (χ2n) is 3.83. The van der Waals surface area contributed by atoms with E-state index in [9.17, 15) is 9.90 Å². The van der Waals surface area contributed by atoms with Crippen molar-refractivity contribution in [2.75, 3.05) is 26.9 Å². The number of hydrogen-bond donors (Lipinski definition) is 1. The number of carbonyl (C=O) groups excluding carboxylic acids is 1. The topological polar surface area (TPSA) is 59.0 Å². The molecule has 0 amide bonds. The molecule has 1 saturated heterocycles. The van der Waals surface area contributed by atoms with Crippen molar-refractivity contribution in [3.8, 4) is 0 Å². The van der Waals surface area contributed by atoms with Crippen LogP contribution < -0.4 is 0 Å². The van der Waals surface area contributed by atoms with Crippen molar-refractivity contribution in [1.29, 1.82) is 0 Å². The molecule has 0 aromatic heterocycles. The molecule has 5 nitrogen and oxygen atoms in total. The Bertz CT molecular complexity index is 219. The highest BCUT2D eigenvalue weighted by Crippen LogP contribution is 2.14. The summed E-state index contributed by atoms with van der Waals surface area (Å²) in [5.41, 5.74) is 0. The zero-order valence-corrected chi connectivity index (χ0v) is 9.47. The van der Waals surface area contributed by atoms with Gasteiger partial charge in [-0.15, -0.1) is 0 Å². The number of ether oxygens (including phenoxy) is 2. The predicted octanol–water partition coefficient (Wildman–Crippen LogP) is -0.371. The zero-order chi connectivity index (χ0) is 11.4. The summed E-state index contributed by atoms with van der Waals surface area (Å²) < 4.78 is 9.95. The standard InChI is InChI=1S/C10H19NO4/c1-7(8(2)12)11-4-5-15-6-9(11)10(13)14-3/h7-9,12H,4-6H2,1-3H3. The Labute approximate surface area is 90.0 Å². The maximum absolute atomic E-state index is 11.5. The van der Waals surface area contributed by atoms with Crippen LogP contribution >= 0.6 is 0 Å². The smallest absolute Gasteiger partial charge is 0.325 e. The van der Waals surface area contributed by atoms with E-state index >= 15 is 0 Å². The summed E-state index contributed by atoms with van der Waals surface area (Å²) in [6.07, 6.45) is -0.477. The first-order valence-electron chi connectivity index (χ1n) is 5.17. The number of rotatable bonds is 3. The molecule has 0 bridgehead atoms. The van der Waals surface area contributed by atoms with Gasteiger partial charge in [-0.05, 0) is 13.8 Å². The van der Waals surface area contributed by atoms with Crippen LogP contribution in [0, 0.1) is 0 Å². The van der Waals surface area contributed by atoms with E-state index in [0.717, 1.165) is 0 Å². The van der Waals surface area contributed by atoms with E-state index in [4.69, 9.17) is 9.47 Å². The minimum absolute atomic E-state index is 0.0713. The molecule has 0 spiro atoms. The predicted molar refractivity (Wildman–Crippen MR) is 54.5 cm³/mol. The molecule has 0 aliphatic carbocycles. The quantitative estimate of drug-likeness (QED) is 0.654. The van der Waals surface area contributed by atoms with Crippen molar-refractivity contribution < 1.29 is 19.4 Å². The Hall–Kier alpha value is -0.650. The minimum Gasteiger partial charge on any atom is -0.468 e. The average molecular weight is 217 g/mol. The summed E-state index contributed by atoms with van der Waals surface area (Å²) in [6.45, 7) is 5.18. The van der Waals surface area contributed by atoms with Crippen LogP contribution in [0.2, 0.25) is 0 Å². The van der Waals surface area contributed by atoms with Crippen LogP contribution in [0.3, 0.4) is 0 Å². The highest BCUT2D eigenvalue weighted by atomic mass is 16.5. The Morgan fingerprint density at radius 2 is 2.27 bits per heavy atom. The Morgan fingerprint density at radius 3 is 2.80 bits per heavy atom. The second-order valence-corrected chi connectivity index (χ2v) is 3.83. The Kier molecular flexibility index (Phi) is 4.50. The van der Waals surface area contributed by atoms with Crippen molar-refractivity contribution in [2.45, 2.75) is 32.0 Å². The summed E-state index contributed by atoms with van der Waals surface area (Å²) >= 11 is 0. The van der Waals surface area contributed by atoms with Crippen molar-refractivity contribution in [2.24, 2.45) is 0 Å². The largest absolute Gasteiger partial charge is 0.468 e. The van der Waals surface area contributed by atoms with Gasteiger partial charge in [0, 0.05) is 12.6 Å². The van der Waals surface area contributed by atoms with E-state index in [1.54, 1.807) is 6.92 Å². The van der Waals surface area contributed by atoms with E-state index in [-0.39, 0.29) is 12.0 Å². The van der Waals surface area contributed by atoms with Crippen LogP contribution in [0.15, 0.2) is 0 Å². The fourth-order valence-electron chi connectivity index (χ4n) is 1.72. The van der Waals surface area contributed by atoms with E-state index in [1.807, 2.05) is 11.8 Å². The lowest BCUT2D eigenvalue weighted by Gasteiger charge is -2.38. The lowest BCUT2D eigenvalue weighted by atomic mass is 10.1. The van der Waals surface area contributed by atoms with Gasteiger partial charge in [-0.25, -0.2) is 0 Å². The molecule has 0 radical (unpaired) electrons. The van der Waals surface area contributed by atoms with Gasteiger partial charge in [0.05, 0.1) is 26.4 Å². The maximum Gasteiger partial charge on any atom is 0.325 e. The maximum atomic E-state index is 11.5. The van der Waals surface area contributed by atoms with E-state index in [0.29, 0.717) is 19.8 Å². The van der Waals surface area contributed by atoms with Crippen molar-refractivity contribution in [3.63, 3.8) is 0 Å². The van der Waals surface area contributed by atoms with Crippen molar-refractivity contribution in [3.05, 3.63) is 0 Å². The lowest BCUT2D eigenvalue weighted by Crippen LogP contribution is -2.56. The zero-order valence-electron chi connectivity index (χ0n) is 9.47. The van der Waals surface area contributed by atoms with Crippen molar-refractivity contribution in [1.82, 2.24) is 4.90 Å². The molecule has 1 aliphatic heterocycles. The molecule has 1 N–H and O–H groups in total. The SMILES string of the molecule is COC(=O)C1COCCN1C(C)C(C)O. The van der Waals surface area contributed by atoms with Gasteiger partial charge in [0.1, 0.15) is 6.04 Å². The fraction of sp³-hybridized carbons (Fsp3) is 0.900. The van der Waals surface area contributed by atoms with Crippen LogP contribution in [0.25, 0.3) is 0 Å². The second kappa shape index (κ2) is 5.44. The van der Waals surface area contributed by atoms with Crippen molar-refractivity contribution >= 4 is 5.97 Å². The lowest BCUT2D eigenvalue weighted by molar-refractivity contribution is -0.156. The molecular formula is C10H19NO4. The summed E-state index contributed by atoms with van der Waals surface area (Å²) in [6, 6.07) is -0.466. The van der Waals surface area contributed by atoms with Crippen LogP contribution in [-0.4, -0.2) is 61.0 Å². The van der Waals surface area contributed by atoms with E-state index in [1.165, 1.54) is 7.11 Å². The van der Waals surface area contributed by atoms with Gasteiger partial charge in [-0.3, -0.25) is 9.69 Å². The highest BCUT2D eigenvalue weighted by Gasteiger charge is 2.34. The minimum atomic E-state index is -0.477. The molecule has 5 heteroatoms. The molecule has 3 atom stereocenters. The molecule has 1 fully saturated rings. The van der Waals surface area contributed by atoms with Gasteiger partial charge in [-0.2, -0.15) is 0 Å². The Balaban J connectivity index is 2.69. The average Bonchev–Trinajstić information content (AvgIpc) is 2.27. The van der Waals surface area contributed by atoms with Gasteiger partial charge in [0.15, 0.2) is 0 Å². The van der Waals surface area contributed by atoms with Gasteiger partial charge in [0.25, 0.3) is 0 Å². The highest BCUT2D eigenvalue weighted by molar-refractivity contribution is 5.76. The van der Waals surface area contributed by atoms with Gasteiger partial charge in [0.2, 0.25) is 0 Å². The number of aliphatic hydroxyl groups excluding tert-OH is 1. The first-order chi connectivity index (χ1) is 7.07. The third-order valence-electron chi connectivity index (χ3n) is 2.86. The first kappa shape index (κ1) is 12.4. The number of aliphatic hydroxyl groups is 1. The molecule has 1 heterocycles. The van der Waals surface area contributed by atoms with Gasteiger partial charge >= 0.3 is 5.97 Å². The number of esters is 1. The summed E-state index contributed by atoms with van der Waals surface area (Å²) in [5, 5.41) is 9.51. The van der Waals surface area contributed by atoms with Crippen LogP contribution in [-0.2, 0) is 14.3 Å². The molecule has 15 heavy (non-hydrogen) atoms. The molecule has 3 unspecified atom stereocenters. The summed E-state index contributed by atoms with van der Waals surface area (Å²) in [4.78, 5) is 13.4. The molecule has 1 rings (SSSR count). The number of hydrogen-bond acceptors (Lipinski definition) is 5. The number of nitrogens with zero attached hydrogens (tertiary/aromatic N) is 1. The third-order valence-corrected chi connectivity index (χ3v) is 2.86. The number of carbonyl (C=O) groups is 1. The summed E-state index contributed by atoms with van der Waals surface area (Å²) in [7, 11) is 1.36. The molecule has 1 aliphatic rings. The fourth-order valence-corrected chi connectivity index (χ4v) is 1.72. The van der Waals surface area contributed by atoms with Gasteiger partial charge in [-0.1, -0.05) is 0 Å². The molecule has 88 valence electrons. The van der Waals surface area contributed by atoms with E-state index in [2.05, 4.69) is 0 Å². The number of morpholine rings is 1. The van der Waals surface area contributed by atoms with Crippen LogP contribution in [0.5, 0.6) is 0 Å². The normalized spacial score (nSPS) is 27.1. The van der Waals surface area contributed by atoms with Gasteiger partial charge < -0.3 is 14.6 Å². The number of methoxy groups -OCH3 is 1. The third kappa shape index (κ3) is 2.90. The monoisotopic (exact) mass is 217 g/mol. The van der Waals surface area contributed by atoms with E-state index < -0.39 is 12.1 Å². The van der Waals surface area contributed by atoms with Crippen LogP contribution in [0.4, 0.5) is 0 Å². The molecule has 0 saturated carbocycles. The molecule has 0 aromatic carbocycles. The Morgan fingerprint density at radius 1 is 1.60 bits per heavy atom. The molecule has 0 aromatic rings. The molecular weight excluding hydrogens is 198 g/mol.